The summed E-state index contributed by atoms with van der Waals surface area (Å²) >= 11 is 5.80. The van der Waals surface area contributed by atoms with E-state index in [2.05, 4.69) is 10.1 Å². The molecule has 0 aliphatic carbocycles. The van der Waals surface area contributed by atoms with Crippen LogP contribution in [0.4, 0.5) is 0 Å². The number of esters is 1. The highest BCUT2D eigenvalue weighted by atomic mass is 35.5. The average Bonchev–Trinajstić information content (AvgIpc) is 2.29. The van der Waals surface area contributed by atoms with Crippen molar-refractivity contribution in [2.75, 3.05) is 13.7 Å². The normalized spacial score (nSPS) is 12.2. The lowest BCUT2D eigenvalue weighted by Crippen LogP contribution is -2.22. The molecule has 16 heavy (non-hydrogen) atoms. The molecule has 0 bridgehead atoms. The van der Waals surface area contributed by atoms with Gasteiger partial charge in [-0.3, -0.25) is 4.79 Å². The summed E-state index contributed by atoms with van der Waals surface area (Å²) in [6, 6.07) is 7.85. The van der Waals surface area contributed by atoms with Crippen LogP contribution in [-0.2, 0) is 9.53 Å². The second-order valence-corrected chi connectivity index (χ2v) is 3.99. The molecule has 0 radical (unpaired) electrons. The number of ether oxygens (including phenoxy) is 1. The molecule has 0 saturated carbocycles. The quantitative estimate of drug-likeness (QED) is 0.806. The molecule has 4 heteroatoms. The van der Waals surface area contributed by atoms with Crippen LogP contribution < -0.4 is 5.32 Å². The minimum absolute atomic E-state index is 0.196. The second-order valence-electron chi connectivity index (χ2n) is 3.55. The van der Waals surface area contributed by atoms with Gasteiger partial charge in [0.15, 0.2) is 0 Å². The Morgan fingerprint density at radius 1 is 1.44 bits per heavy atom. The van der Waals surface area contributed by atoms with Crippen LogP contribution in [0.2, 0.25) is 5.02 Å². The van der Waals surface area contributed by atoms with Gasteiger partial charge in [-0.15, -0.1) is 0 Å². The number of hydrogen-bond acceptors (Lipinski definition) is 3. The van der Waals surface area contributed by atoms with Crippen molar-refractivity contribution in [3.63, 3.8) is 0 Å². The van der Waals surface area contributed by atoms with E-state index in [0.29, 0.717) is 13.0 Å². The molecule has 1 N–H and O–H groups in total. The fraction of sp³-hybridized carbons (Fsp3) is 0.417. The molecule has 0 saturated heterocycles. The predicted molar refractivity (Wildman–Crippen MR) is 64.5 cm³/mol. The first-order valence-electron chi connectivity index (χ1n) is 5.19. The maximum absolute atomic E-state index is 10.9. The van der Waals surface area contributed by atoms with Crippen LogP contribution >= 0.6 is 11.6 Å². The summed E-state index contributed by atoms with van der Waals surface area (Å²) < 4.78 is 4.56. The summed E-state index contributed by atoms with van der Waals surface area (Å²) in [5, 5.41) is 3.97. The fourth-order valence-corrected chi connectivity index (χ4v) is 1.49. The SMILES string of the molecule is COC(=O)CCNC(C)c1ccc(Cl)cc1. The third kappa shape index (κ3) is 4.21. The molecule has 0 amide bonds. The minimum atomic E-state index is -0.198. The van der Waals surface area contributed by atoms with Gasteiger partial charge in [0.05, 0.1) is 13.5 Å². The molecule has 1 rings (SSSR count). The molecule has 88 valence electrons. The van der Waals surface area contributed by atoms with E-state index < -0.39 is 0 Å². The number of benzene rings is 1. The van der Waals surface area contributed by atoms with Gasteiger partial charge < -0.3 is 10.1 Å². The predicted octanol–water partition coefficient (Wildman–Crippen LogP) is 2.55. The number of nitrogens with one attached hydrogen (secondary N) is 1. The van der Waals surface area contributed by atoms with Gasteiger partial charge in [0.2, 0.25) is 0 Å². The van der Waals surface area contributed by atoms with Crippen LogP contribution in [-0.4, -0.2) is 19.6 Å². The first-order chi connectivity index (χ1) is 7.63. The van der Waals surface area contributed by atoms with Gasteiger partial charge in [0, 0.05) is 17.6 Å². The number of hydrogen-bond donors (Lipinski definition) is 1. The van der Waals surface area contributed by atoms with Crippen molar-refractivity contribution in [1.82, 2.24) is 5.32 Å². The number of carbonyl (C=O) groups is 1. The van der Waals surface area contributed by atoms with Crippen LogP contribution in [0.25, 0.3) is 0 Å². The summed E-state index contributed by atoms with van der Waals surface area (Å²) in [4.78, 5) is 10.9. The van der Waals surface area contributed by atoms with Crippen molar-refractivity contribution in [2.24, 2.45) is 0 Å². The van der Waals surface area contributed by atoms with Gasteiger partial charge in [0.25, 0.3) is 0 Å². The molecule has 1 unspecified atom stereocenters. The van der Waals surface area contributed by atoms with Crippen LogP contribution in [0, 0.1) is 0 Å². The van der Waals surface area contributed by atoms with Crippen LogP contribution in [0.5, 0.6) is 0 Å². The van der Waals surface area contributed by atoms with E-state index in [-0.39, 0.29) is 12.0 Å². The monoisotopic (exact) mass is 241 g/mol. The fourth-order valence-electron chi connectivity index (χ4n) is 1.36. The Balaban J connectivity index is 2.37. The van der Waals surface area contributed by atoms with E-state index >= 15 is 0 Å². The summed E-state index contributed by atoms with van der Waals surface area (Å²) in [5.41, 5.74) is 1.15. The first-order valence-corrected chi connectivity index (χ1v) is 5.57. The van der Waals surface area contributed by atoms with Crippen molar-refractivity contribution in [1.29, 1.82) is 0 Å². The summed E-state index contributed by atoms with van der Waals surface area (Å²) in [7, 11) is 1.39. The maximum Gasteiger partial charge on any atom is 0.306 e. The Hall–Kier alpha value is -1.06. The number of methoxy groups -OCH3 is 1. The van der Waals surface area contributed by atoms with Gasteiger partial charge in [0.1, 0.15) is 0 Å². The van der Waals surface area contributed by atoms with Gasteiger partial charge in [-0.1, -0.05) is 23.7 Å². The summed E-state index contributed by atoms with van der Waals surface area (Å²) in [5.74, 6) is -0.198. The highest BCUT2D eigenvalue weighted by Gasteiger charge is 2.05. The smallest absolute Gasteiger partial charge is 0.306 e. The number of carbonyl (C=O) groups excluding carboxylic acids is 1. The molecule has 0 fully saturated rings. The molecule has 1 atom stereocenters. The molecule has 0 aromatic heterocycles. The highest BCUT2D eigenvalue weighted by Crippen LogP contribution is 2.15. The third-order valence-electron chi connectivity index (χ3n) is 2.38. The molecule has 3 nitrogen and oxygen atoms in total. The van der Waals surface area contributed by atoms with Gasteiger partial charge >= 0.3 is 5.97 Å². The van der Waals surface area contributed by atoms with Crippen molar-refractivity contribution >= 4 is 17.6 Å². The minimum Gasteiger partial charge on any atom is -0.469 e. The molecule has 1 aromatic carbocycles. The average molecular weight is 242 g/mol. The zero-order chi connectivity index (χ0) is 12.0. The lowest BCUT2D eigenvalue weighted by molar-refractivity contribution is -0.140. The van der Waals surface area contributed by atoms with Gasteiger partial charge in [-0.05, 0) is 24.6 Å². The molecule has 0 heterocycles. The first kappa shape index (κ1) is 13.0. The lowest BCUT2D eigenvalue weighted by Gasteiger charge is -2.13. The summed E-state index contributed by atoms with van der Waals surface area (Å²) in [6.45, 7) is 2.65. The van der Waals surface area contributed by atoms with E-state index in [1.165, 1.54) is 7.11 Å². The standard InChI is InChI=1S/C12H16ClNO2/c1-9(14-8-7-12(15)16-2)10-3-5-11(13)6-4-10/h3-6,9,14H,7-8H2,1-2H3. The molecule has 0 aliphatic heterocycles. The molecular weight excluding hydrogens is 226 g/mol. The number of halogens is 1. The third-order valence-corrected chi connectivity index (χ3v) is 2.63. The van der Waals surface area contributed by atoms with Crippen LogP contribution in [0.1, 0.15) is 24.9 Å². The highest BCUT2D eigenvalue weighted by molar-refractivity contribution is 6.30. The lowest BCUT2D eigenvalue weighted by atomic mass is 10.1. The molecule has 1 aromatic rings. The largest absolute Gasteiger partial charge is 0.469 e. The molecule has 0 aliphatic rings. The van der Waals surface area contributed by atoms with Crippen molar-refractivity contribution in [3.8, 4) is 0 Å². The van der Waals surface area contributed by atoms with Crippen molar-refractivity contribution in [3.05, 3.63) is 34.9 Å². The van der Waals surface area contributed by atoms with Crippen LogP contribution in [0.3, 0.4) is 0 Å². The van der Waals surface area contributed by atoms with E-state index in [4.69, 9.17) is 11.6 Å². The van der Waals surface area contributed by atoms with E-state index in [9.17, 15) is 4.79 Å². The zero-order valence-electron chi connectivity index (χ0n) is 9.50. The molecule has 0 spiro atoms. The maximum atomic E-state index is 10.9. The topological polar surface area (TPSA) is 38.3 Å². The zero-order valence-corrected chi connectivity index (χ0v) is 10.3. The van der Waals surface area contributed by atoms with E-state index in [0.717, 1.165) is 10.6 Å². The Morgan fingerprint density at radius 2 is 2.06 bits per heavy atom. The van der Waals surface area contributed by atoms with Crippen molar-refractivity contribution in [2.45, 2.75) is 19.4 Å². The van der Waals surface area contributed by atoms with Gasteiger partial charge in [-0.25, -0.2) is 0 Å². The Labute approximate surface area is 101 Å². The Morgan fingerprint density at radius 3 is 2.62 bits per heavy atom. The van der Waals surface area contributed by atoms with E-state index in [1.807, 2.05) is 31.2 Å². The Kier molecular flexibility index (Phi) is 5.29. The second kappa shape index (κ2) is 6.51. The molecular formula is C12H16ClNO2. The number of rotatable bonds is 5. The Bertz CT molecular complexity index is 337. The summed E-state index contributed by atoms with van der Waals surface area (Å²) in [6.07, 6.45) is 0.383. The van der Waals surface area contributed by atoms with Crippen molar-refractivity contribution < 1.29 is 9.53 Å². The van der Waals surface area contributed by atoms with E-state index in [1.54, 1.807) is 0 Å². The van der Waals surface area contributed by atoms with Gasteiger partial charge in [-0.2, -0.15) is 0 Å². The van der Waals surface area contributed by atoms with Crippen LogP contribution in [0.15, 0.2) is 24.3 Å².